The molecule has 9 nitrogen and oxygen atoms in total. The van der Waals surface area contributed by atoms with Crippen LogP contribution in [0.4, 0.5) is 23.1 Å². The van der Waals surface area contributed by atoms with Gasteiger partial charge in [0.2, 0.25) is 11.8 Å². The zero-order valence-electron chi connectivity index (χ0n) is 17.2. The van der Waals surface area contributed by atoms with E-state index in [1.54, 1.807) is 23.2 Å². The molecule has 3 aromatic rings. The Kier molecular flexibility index (Phi) is 6.90. The molecule has 0 bridgehead atoms. The average Bonchev–Trinajstić information content (AvgIpc) is 3.20. The zero-order chi connectivity index (χ0) is 22.3. The summed E-state index contributed by atoms with van der Waals surface area (Å²) in [5, 5.41) is 17.3. The van der Waals surface area contributed by atoms with E-state index in [0.717, 1.165) is 10.2 Å². The number of hydrogen-bond donors (Lipinski definition) is 3. The molecule has 2 amide bonds. The predicted molar refractivity (Wildman–Crippen MR) is 126 cm³/mol. The van der Waals surface area contributed by atoms with E-state index in [4.69, 9.17) is 0 Å². The zero-order valence-corrected chi connectivity index (χ0v) is 18.7. The van der Waals surface area contributed by atoms with Gasteiger partial charge in [0, 0.05) is 42.4 Å². The Labute approximate surface area is 193 Å². The van der Waals surface area contributed by atoms with Gasteiger partial charge in [0.1, 0.15) is 11.6 Å². The van der Waals surface area contributed by atoms with Crippen LogP contribution in [0.1, 0.15) is 6.42 Å². The van der Waals surface area contributed by atoms with E-state index in [1.165, 1.54) is 0 Å². The third-order valence-corrected chi connectivity index (χ3v) is 5.42. The molecule has 1 fully saturated rings. The number of rotatable bonds is 8. The highest BCUT2D eigenvalue weighted by atomic mass is 79.9. The predicted octanol–water partition coefficient (Wildman–Crippen LogP) is 2.96. The number of nitrogens with one attached hydrogen (secondary N) is 3. The number of nitrogens with zero attached hydrogens (tertiary/aromatic N) is 4. The normalized spacial score (nSPS) is 15.5. The molecule has 0 radical (unpaired) electrons. The molecular formula is C22H22BrN7O2. The minimum absolute atomic E-state index is 0.0453. The number of pyridine rings is 1. The summed E-state index contributed by atoms with van der Waals surface area (Å²) in [4.78, 5) is 30.7. The van der Waals surface area contributed by atoms with Gasteiger partial charge in [0.15, 0.2) is 5.82 Å². The molecule has 164 valence electrons. The monoisotopic (exact) mass is 495 g/mol. The lowest BCUT2D eigenvalue weighted by Gasteiger charge is -2.17. The molecule has 0 unspecified atom stereocenters. The molecule has 3 N–H and O–H groups in total. The minimum Gasteiger partial charge on any atom is -0.367 e. The van der Waals surface area contributed by atoms with Crippen LogP contribution >= 0.6 is 15.9 Å². The summed E-state index contributed by atoms with van der Waals surface area (Å²) in [5.41, 5.74) is 0.792. The number of aromatic nitrogens is 3. The summed E-state index contributed by atoms with van der Waals surface area (Å²) in [6.45, 7) is 1.28. The summed E-state index contributed by atoms with van der Waals surface area (Å²) >= 11 is 3.41. The fourth-order valence-electron chi connectivity index (χ4n) is 3.36. The van der Waals surface area contributed by atoms with Crippen LogP contribution in [0, 0.1) is 5.92 Å². The van der Waals surface area contributed by atoms with Crippen LogP contribution in [-0.4, -0.2) is 46.6 Å². The topological polar surface area (TPSA) is 112 Å². The minimum atomic E-state index is -0.363. The first kappa shape index (κ1) is 21.7. The summed E-state index contributed by atoms with van der Waals surface area (Å²) in [7, 11) is 0. The first-order valence-corrected chi connectivity index (χ1v) is 11.0. The van der Waals surface area contributed by atoms with Gasteiger partial charge in [-0.1, -0.05) is 28.1 Å². The highest BCUT2D eigenvalue weighted by molar-refractivity contribution is 9.10. The molecule has 1 saturated heterocycles. The van der Waals surface area contributed by atoms with E-state index in [2.05, 4.69) is 47.1 Å². The van der Waals surface area contributed by atoms with Crippen molar-refractivity contribution in [2.75, 3.05) is 35.2 Å². The number of carbonyl (C=O) groups is 2. The Morgan fingerprint density at radius 2 is 1.88 bits per heavy atom. The molecule has 32 heavy (non-hydrogen) atoms. The summed E-state index contributed by atoms with van der Waals surface area (Å²) in [5.74, 6) is 1.34. The third kappa shape index (κ3) is 5.58. The first-order chi connectivity index (χ1) is 15.6. The fourth-order valence-corrected chi connectivity index (χ4v) is 3.75. The van der Waals surface area contributed by atoms with Gasteiger partial charge in [-0.3, -0.25) is 9.59 Å². The lowest BCUT2D eigenvalue weighted by Crippen LogP contribution is -2.35. The fraction of sp³-hybridized carbons (Fsp3) is 0.227. The van der Waals surface area contributed by atoms with Gasteiger partial charge in [0.25, 0.3) is 0 Å². The molecular weight excluding hydrogens is 474 g/mol. The van der Waals surface area contributed by atoms with Gasteiger partial charge in [0.05, 0.1) is 5.92 Å². The van der Waals surface area contributed by atoms with Crippen molar-refractivity contribution in [3.63, 3.8) is 0 Å². The molecule has 3 heterocycles. The second kappa shape index (κ2) is 10.2. The smallest absolute Gasteiger partial charge is 0.227 e. The van der Waals surface area contributed by atoms with Crippen LogP contribution in [0.5, 0.6) is 0 Å². The van der Waals surface area contributed by atoms with E-state index in [0.29, 0.717) is 37.1 Å². The molecule has 4 rings (SSSR count). The molecule has 1 aliphatic rings. The first-order valence-electron chi connectivity index (χ1n) is 10.2. The third-order valence-electron chi connectivity index (χ3n) is 4.93. The van der Waals surface area contributed by atoms with Gasteiger partial charge in [-0.15, -0.1) is 10.2 Å². The Balaban J connectivity index is 1.20. The molecule has 0 spiro atoms. The van der Waals surface area contributed by atoms with E-state index >= 15 is 0 Å². The standard InChI is InChI=1S/C22H22BrN7O2/c23-16-4-3-5-17(13-16)30-14-15(12-21(30)31)22(32)26-11-10-25-19-7-8-20(29-28-19)27-18-6-1-2-9-24-18/h1-9,13,15H,10-12,14H2,(H,25,28)(H,26,32)(H,24,27,29)/t15-/m0/s1. The van der Waals surface area contributed by atoms with Crippen molar-refractivity contribution in [1.29, 1.82) is 0 Å². The SMILES string of the molecule is O=C(NCCNc1ccc(Nc2ccccn2)nn1)[C@H]1CC(=O)N(c2cccc(Br)c2)C1. The molecule has 1 aliphatic heterocycles. The average molecular weight is 496 g/mol. The van der Waals surface area contributed by atoms with Gasteiger partial charge in [-0.25, -0.2) is 4.98 Å². The van der Waals surface area contributed by atoms with Crippen LogP contribution in [0.25, 0.3) is 0 Å². The Morgan fingerprint density at radius 3 is 2.62 bits per heavy atom. The number of anilines is 4. The Hall–Kier alpha value is -3.53. The van der Waals surface area contributed by atoms with Crippen molar-refractivity contribution < 1.29 is 9.59 Å². The maximum atomic E-state index is 12.5. The number of amides is 2. The van der Waals surface area contributed by atoms with Crippen LogP contribution in [-0.2, 0) is 9.59 Å². The van der Waals surface area contributed by atoms with Gasteiger partial charge in [-0.2, -0.15) is 0 Å². The molecule has 0 saturated carbocycles. The Bertz CT molecular complexity index is 1080. The summed E-state index contributed by atoms with van der Waals surface area (Å²) in [6, 6.07) is 16.7. The molecule has 10 heteroatoms. The van der Waals surface area contributed by atoms with Crippen molar-refractivity contribution in [1.82, 2.24) is 20.5 Å². The van der Waals surface area contributed by atoms with Crippen molar-refractivity contribution in [2.24, 2.45) is 5.92 Å². The van der Waals surface area contributed by atoms with E-state index in [1.807, 2.05) is 42.5 Å². The van der Waals surface area contributed by atoms with Crippen molar-refractivity contribution in [2.45, 2.75) is 6.42 Å². The van der Waals surface area contributed by atoms with Crippen LogP contribution < -0.4 is 20.9 Å². The lowest BCUT2D eigenvalue weighted by molar-refractivity contribution is -0.126. The molecule has 1 atom stereocenters. The second-order valence-electron chi connectivity index (χ2n) is 7.25. The van der Waals surface area contributed by atoms with Crippen LogP contribution in [0.2, 0.25) is 0 Å². The van der Waals surface area contributed by atoms with Gasteiger partial charge >= 0.3 is 0 Å². The number of benzene rings is 1. The second-order valence-corrected chi connectivity index (χ2v) is 8.16. The lowest BCUT2D eigenvalue weighted by atomic mass is 10.1. The molecule has 0 aliphatic carbocycles. The highest BCUT2D eigenvalue weighted by Crippen LogP contribution is 2.27. The van der Waals surface area contributed by atoms with Crippen molar-refractivity contribution in [3.05, 3.63) is 65.3 Å². The van der Waals surface area contributed by atoms with Crippen molar-refractivity contribution >= 4 is 50.9 Å². The highest BCUT2D eigenvalue weighted by Gasteiger charge is 2.34. The van der Waals surface area contributed by atoms with E-state index < -0.39 is 0 Å². The van der Waals surface area contributed by atoms with E-state index in [9.17, 15) is 9.59 Å². The Morgan fingerprint density at radius 1 is 1.03 bits per heavy atom. The van der Waals surface area contributed by atoms with E-state index in [-0.39, 0.29) is 24.2 Å². The quantitative estimate of drug-likeness (QED) is 0.411. The number of halogens is 1. The van der Waals surface area contributed by atoms with Gasteiger partial charge < -0.3 is 20.9 Å². The number of carbonyl (C=O) groups excluding carboxylic acids is 2. The van der Waals surface area contributed by atoms with Gasteiger partial charge in [-0.05, 0) is 42.5 Å². The van der Waals surface area contributed by atoms with Crippen molar-refractivity contribution in [3.8, 4) is 0 Å². The van der Waals surface area contributed by atoms with Crippen LogP contribution in [0.15, 0.2) is 65.3 Å². The molecule has 2 aromatic heterocycles. The van der Waals surface area contributed by atoms with Crippen LogP contribution in [0.3, 0.4) is 0 Å². The summed E-state index contributed by atoms with van der Waals surface area (Å²) in [6.07, 6.45) is 1.90. The maximum absolute atomic E-state index is 12.5. The number of hydrogen-bond acceptors (Lipinski definition) is 7. The largest absolute Gasteiger partial charge is 0.367 e. The summed E-state index contributed by atoms with van der Waals surface area (Å²) < 4.78 is 0.894. The molecule has 1 aromatic carbocycles. The maximum Gasteiger partial charge on any atom is 0.227 e.